The molecule has 0 fully saturated rings. The van der Waals surface area contributed by atoms with Crippen LogP contribution in [0.5, 0.6) is 0 Å². The molecule has 4 nitrogen and oxygen atoms in total. The van der Waals surface area contributed by atoms with Gasteiger partial charge in [0.1, 0.15) is 0 Å². The summed E-state index contributed by atoms with van der Waals surface area (Å²) in [4.78, 5) is 11.6. The van der Waals surface area contributed by atoms with Gasteiger partial charge in [0.15, 0.2) is 0 Å². The first-order valence-corrected chi connectivity index (χ1v) is 6.08. The molecular formula is C13H19N3O. The zero-order valence-corrected chi connectivity index (χ0v) is 10.1. The third-order valence-electron chi connectivity index (χ3n) is 3.10. The van der Waals surface area contributed by atoms with Gasteiger partial charge in [-0.25, -0.2) is 4.79 Å². The fourth-order valence-corrected chi connectivity index (χ4v) is 2.22. The monoisotopic (exact) mass is 233 g/mol. The maximum Gasteiger partial charge on any atom is 0.315 e. The molecule has 3 N–H and O–H groups in total. The van der Waals surface area contributed by atoms with Gasteiger partial charge in [-0.1, -0.05) is 24.3 Å². The van der Waals surface area contributed by atoms with E-state index in [4.69, 9.17) is 0 Å². The number of fused-ring (bicyclic) bond motifs is 1. The number of carbonyl (C=O) groups is 1. The number of rotatable bonds is 4. The van der Waals surface area contributed by atoms with E-state index in [0.29, 0.717) is 6.54 Å². The van der Waals surface area contributed by atoms with Crippen LogP contribution in [0.3, 0.4) is 0 Å². The van der Waals surface area contributed by atoms with E-state index in [9.17, 15) is 4.79 Å². The second kappa shape index (κ2) is 5.68. The summed E-state index contributed by atoms with van der Waals surface area (Å²) in [5.41, 5.74) is 2.62. The minimum absolute atomic E-state index is 0.0815. The molecule has 0 saturated heterocycles. The number of nitrogens with one attached hydrogen (secondary N) is 3. The molecule has 0 aromatic heterocycles. The molecule has 0 unspecified atom stereocenters. The normalized spacial score (nSPS) is 17.6. The van der Waals surface area contributed by atoms with Crippen LogP contribution in [-0.2, 0) is 6.42 Å². The van der Waals surface area contributed by atoms with Gasteiger partial charge < -0.3 is 16.0 Å². The van der Waals surface area contributed by atoms with Crippen LogP contribution in [0.1, 0.15) is 23.6 Å². The largest absolute Gasteiger partial charge is 0.337 e. The molecule has 92 valence electrons. The molecule has 2 amide bonds. The Bertz CT molecular complexity index is 392. The average Bonchev–Trinajstić information content (AvgIpc) is 2.73. The Kier molecular flexibility index (Phi) is 3.98. The lowest BCUT2D eigenvalue weighted by Gasteiger charge is -2.14. The van der Waals surface area contributed by atoms with Crippen molar-refractivity contribution in [2.45, 2.75) is 18.9 Å². The van der Waals surface area contributed by atoms with E-state index in [1.165, 1.54) is 11.1 Å². The fourth-order valence-electron chi connectivity index (χ4n) is 2.22. The first-order chi connectivity index (χ1) is 8.31. The third-order valence-corrected chi connectivity index (χ3v) is 3.10. The Morgan fingerprint density at radius 1 is 1.35 bits per heavy atom. The quantitative estimate of drug-likeness (QED) is 0.684. The maximum atomic E-state index is 11.6. The first-order valence-electron chi connectivity index (χ1n) is 6.08. The maximum absolute atomic E-state index is 11.6. The third kappa shape index (κ3) is 2.97. The van der Waals surface area contributed by atoms with Crippen molar-refractivity contribution in [3.8, 4) is 0 Å². The highest BCUT2D eigenvalue weighted by molar-refractivity contribution is 5.74. The number of likely N-dealkylation sites (N-methyl/N-ethyl adjacent to an activating group) is 1. The zero-order valence-electron chi connectivity index (χ0n) is 10.1. The molecule has 1 aliphatic rings. The minimum atomic E-state index is -0.0815. The number of hydrogen-bond acceptors (Lipinski definition) is 2. The number of hydrogen-bond donors (Lipinski definition) is 3. The summed E-state index contributed by atoms with van der Waals surface area (Å²) in [5.74, 6) is 0. The van der Waals surface area contributed by atoms with Crippen LogP contribution in [0.4, 0.5) is 4.79 Å². The van der Waals surface area contributed by atoms with Crippen molar-refractivity contribution in [3.05, 3.63) is 35.4 Å². The van der Waals surface area contributed by atoms with E-state index < -0.39 is 0 Å². The van der Waals surface area contributed by atoms with E-state index in [2.05, 4.69) is 28.1 Å². The summed E-state index contributed by atoms with van der Waals surface area (Å²) in [6.45, 7) is 1.44. The van der Waals surface area contributed by atoms with Crippen molar-refractivity contribution in [1.82, 2.24) is 16.0 Å². The fraction of sp³-hybridized carbons (Fsp3) is 0.462. The Hall–Kier alpha value is -1.55. The van der Waals surface area contributed by atoms with Crippen molar-refractivity contribution in [3.63, 3.8) is 0 Å². The van der Waals surface area contributed by atoms with Gasteiger partial charge in [-0.2, -0.15) is 0 Å². The molecule has 17 heavy (non-hydrogen) atoms. The van der Waals surface area contributed by atoms with E-state index in [1.54, 1.807) is 0 Å². The Morgan fingerprint density at radius 2 is 2.18 bits per heavy atom. The molecule has 4 heteroatoms. The zero-order chi connectivity index (χ0) is 12.1. The molecule has 0 radical (unpaired) electrons. The Morgan fingerprint density at radius 3 is 3.00 bits per heavy atom. The van der Waals surface area contributed by atoms with E-state index in [1.807, 2.05) is 19.2 Å². The number of urea groups is 1. The second-order valence-electron chi connectivity index (χ2n) is 4.29. The average molecular weight is 233 g/mol. The predicted octanol–water partition coefficient (Wildman–Crippen LogP) is 1.19. The van der Waals surface area contributed by atoms with Crippen LogP contribution < -0.4 is 16.0 Å². The lowest BCUT2D eigenvalue weighted by molar-refractivity contribution is 0.237. The number of aryl methyl sites for hydroxylation is 1. The van der Waals surface area contributed by atoms with Crippen LogP contribution in [0.25, 0.3) is 0 Å². The highest BCUT2D eigenvalue weighted by Gasteiger charge is 2.22. The molecule has 1 aromatic carbocycles. The van der Waals surface area contributed by atoms with Gasteiger partial charge in [-0.15, -0.1) is 0 Å². The molecule has 1 aliphatic carbocycles. The molecule has 1 aromatic rings. The van der Waals surface area contributed by atoms with Crippen molar-refractivity contribution in [1.29, 1.82) is 0 Å². The van der Waals surface area contributed by atoms with Crippen molar-refractivity contribution in [2.75, 3.05) is 20.1 Å². The van der Waals surface area contributed by atoms with Gasteiger partial charge in [0.05, 0.1) is 6.04 Å². The lowest BCUT2D eigenvalue weighted by Crippen LogP contribution is -2.40. The van der Waals surface area contributed by atoms with Gasteiger partial charge in [0.25, 0.3) is 0 Å². The summed E-state index contributed by atoms with van der Waals surface area (Å²) in [6.07, 6.45) is 2.05. The highest BCUT2D eigenvalue weighted by Crippen LogP contribution is 2.30. The smallest absolute Gasteiger partial charge is 0.315 e. The van der Waals surface area contributed by atoms with Gasteiger partial charge in [-0.3, -0.25) is 0 Å². The Labute approximate surface area is 102 Å². The summed E-state index contributed by atoms with van der Waals surface area (Å²) in [6, 6.07) is 8.39. The summed E-state index contributed by atoms with van der Waals surface area (Å²) in [7, 11) is 1.87. The molecule has 0 spiro atoms. The second-order valence-corrected chi connectivity index (χ2v) is 4.29. The number of carbonyl (C=O) groups excluding carboxylic acids is 1. The van der Waals surface area contributed by atoms with Crippen molar-refractivity contribution in [2.24, 2.45) is 0 Å². The van der Waals surface area contributed by atoms with Gasteiger partial charge in [0, 0.05) is 13.1 Å². The summed E-state index contributed by atoms with van der Waals surface area (Å²) in [5, 5.41) is 8.83. The van der Waals surface area contributed by atoms with Gasteiger partial charge in [-0.05, 0) is 31.0 Å². The van der Waals surface area contributed by atoms with E-state index in [-0.39, 0.29) is 12.1 Å². The van der Waals surface area contributed by atoms with Crippen LogP contribution in [0.2, 0.25) is 0 Å². The summed E-state index contributed by atoms with van der Waals surface area (Å²) < 4.78 is 0. The van der Waals surface area contributed by atoms with Crippen molar-refractivity contribution >= 4 is 6.03 Å². The van der Waals surface area contributed by atoms with Crippen LogP contribution in [-0.4, -0.2) is 26.2 Å². The van der Waals surface area contributed by atoms with Gasteiger partial charge >= 0.3 is 6.03 Å². The SMILES string of the molecule is CNCCNC(=O)N[C@@H]1CCc2ccccc21. The van der Waals surface area contributed by atoms with Crippen LogP contribution >= 0.6 is 0 Å². The molecule has 0 saturated carbocycles. The molecule has 0 aliphatic heterocycles. The van der Waals surface area contributed by atoms with E-state index in [0.717, 1.165) is 19.4 Å². The predicted molar refractivity (Wildman–Crippen MR) is 68.0 cm³/mol. The van der Waals surface area contributed by atoms with Gasteiger partial charge in [0.2, 0.25) is 0 Å². The molecule has 1 atom stereocenters. The molecule has 0 bridgehead atoms. The number of benzene rings is 1. The molecule has 2 rings (SSSR count). The standard InChI is InChI=1S/C13H19N3O/c1-14-8-9-15-13(17)16-12-7-6-10-4-2-3-5-11(10)12/h2-5,12,14H,6-9H2,1H3,(H2,15,16,17)/t12-/m1/s1. The summed E-state index contributed by atoms with van der Waals surface area (Å²) >= 11 is 0. The minimum Gasteiger partial charge on any atom is -0.337 e. The first kappa shape index (κ1) is 11.9. The number of amides is 2. The van der Waals surface area contributed by atoms with Crippen molar-refractivity contribution < 1.29 is 4.79 Å². The van der Waals surface area contributed by atoms with E-state index >= 15 is 0 Å². The lowest BCUT2D eigenvalue weighted by atomic mass is 10.1. The topological polar surface area (TPSA) is 53.2 Å². The highest BCUT2D eigenvalue weighted by atomic mass is 16.2. The molecule has 0 heterocycles. The Balaban J connectivity index is 1.87. The van der Waals surface area contributed by atoms with Crippen LogP contribution in [0.15, 0.2) is 24.3 Å². The van der Waals surface area contributed by atoms with Crippen LogP contribution in [0, 0.1) is 0 Å². The molecular weight excluding hydrogens is 214 g/mol.